The van der Waals surface area contributed by atoms with Gasteiger partial charge in [0, 0.05) is 27.6 Å². The zero-order valence-corrected chi connectivity index (χ0v) is 12.3. The third-order valence-electron chi connectivity index (χ3n) is 4.03. The molecule has 0 atom stereocenters. The summed E-state index contributed by atoms with van der Waals surface area (Å²) in [5.41, 5.74) is 8.22. The van der Waals surface area contributed by atoms with Crippen LogP contribution in [0, 0.1) is 0 Å². The molecular formula is C19H17GaN4. The topological polar surface area (TPSA) is 60.3 Å². The number of H-pyrrole nitrogens is 3. The summed E-state index contributed by atoms with van der Waals surface area (Å²) < 4.78 is 0. The van der Waals surface area contributed by atoms with Gasteiger partial charge in [-0.1, -0.05) is 0 Å². The van der Waals surface area contributed by atoms with Crippen molar-refractivity contribution in [1.29, 1.82) is 0 Å². The molecule has 5 rings (SSSR count). The van der Waals surface area contributed by atoms with E-state index in [1.807, 2.05) is 12.2 Å². The van der Waals surface area contributed by atoms with Crippen LogP contribution in [0.5, 0.6) is 0 Å². The van der Waals surface area contributed by atoms with E-state index in [4.69, 9.17) is 0 Å². The molecule has 0 aromatic carbocycles. The van der Waals surface area contributed by atoms with Crippen molar-refractivity contribution in [1.82, 2.24) is 19.9 Å². The molecule has 116 valence electrons. The first kappa shape index (κ1) is 14.9. The molecule has 0 radical (unpaired) electrons. The number of aromatic nitrogens is 4. The Morgan fingerprint density at radius 1 is 0.583 bits per heavy atom. The van der Waals surface area contributed by atoms with Gasteiger partial charge in [0.15, 0.2) is 0 Å². The summed E-state index contributed by atoms with van der Waals surface area (Å²) >= 11 is 0. The van der Waals surface area contributed by atoms with Crippen LogP contribution in [0.15, 0.2) is 54.6 Å². The van der Waals surface area contributed by atoms with Gasteiger partial charge in [0.25, 0.3) is 0 Å². The van der Waals surface area contributed by atoms with Crippen LogP contribution in [0.3, 0.4) is 0 Å². The monoisotopic (exact) mass is 370 g/mol. The van der Waals surface area contributed by atoms with E-state index in [0.29, 0.717) is 0 Å². The van der Waals surface area contributed by atoms with Crippen LogP contribution in [0.25, 0.3) is 45.3 Å². The molecule has 4 aromatic heterocycles. The summed E-state index contributed by atoms with van der Waals surface area (Å²) in [7, 11) is 0. The predicted octanol–water partition coefficient (Wildman–Crippen LogP) is 3.51. The van der Waals surface area contributed by atoms with Crippen LogP contribution in [0.1, 0.15) is 11.4 Å². The van der Waals surface area contributed by atoms with Gasteiger partial charge in [-0.3, -0.25) is 0 Å². The van der Waals surface area contributed by atoms with Crippen molar-refractivity contribution in [3.63, 3.8) is 0 Å². The minimum atomic E-state index is 0. The van der Waals surface area contributed by atoms with Crippen molar-refractivity contribution < 1.29 is 0 Å². The van der Waals surface area contributed by atoms with Gasteiger partial charge in [-0.2, -0.15) is 0 Å². The van der Waals surface area contributed by atoms with Gasteiger partial charge < -0.3 is 15.0 Å². The number of rotatable bonds is 0. The predicted molar refractivity (Wildman–Crippen MR) is 105 cm³/mol. The molecule has 5 heteroatoms. The van der Waals surface area contributed by atoms with Crippen LogP contribution >= 0.6 is 0 Å². The van der Waals surface area contributed by atoms with E-state index in [1.54, 1.807) is 0 Å². The SMILES string of the molecule is C1=Cc2nc1cc1ccc(cc3ccc(cc4ccc2[nH]4)[nH]3)[nH]1.[GaH3]. The molecule has 1 aliphatic heterocycles. The first-order valence-corrected chi connectivity index (χ1v) is 7.57. The van der Waals surface area contributed by atoms with E-state index in [0.717, 1.165) is 44.5 Å². The third kappa shape index (κ3) is 2.68. The zero-order chi connectivity index (χ0) is 15.2. The van der Waals surface area contributed by atoms with E-state index in [9.17, 15) is 0 Å². The molecule has 5 heterocycles. The van der Waals surface area contributed by atoms with Gasteiger partial charge in [0.05, 0.1) is 16.9 Å². The van der Waals surface area contributed by atoms with Crippen molar-refractivity contribution in [2.45, 2.75) is 0 Å². The van der Waals surface area contributed by atoms with E-state index in [2.05, 4.69) is 74.5 Å². The normalized spacial score (nSPS) is 11.7. The fraction of sp³-hybridized carbons (Fsp3) is 0. The van der Waals surface area contributed by atoms with Crippen molar-refractivity contribution in [3.05, 3.63) is 66.0 Å². The second-order valence-corrected chi connectivity index (χ2v) is 5.75. The molecule has 0 unspecified atom stereocenters. The second kappa shape index (κ2) is 5.78. The Morgan fingerprint density at radius 2 is 1.12 bits per heavy atom. The Balaban J connectivity index is 0.00000146. The molecule has 4 nitrogen and oxygen atoms in total. The van der Waals surface area contributed by atoms with E-state index >= 15 is 0 Å². The summed E-state index contributed by atoms with van der Waals surface area (Å²) in [5.74, 6) is 0. The van der Waals surface area contributed by atoms with Crippen LogP contribution in [0.4, 0.5) is 0 Å². The summed E-state index contributed by atoms with van der Waals surface area (Å²) in [6, 6.07) is 18.7. The van der Waals surface area contributed by atoms with E-state index in [-0.39, 0.29) is 19.8 Å². The molecule has 0 aliphatic carbocycles. The summed E-state index contributed by atoms with van der Waals surface area (Å²) in [5, 5.41) is 0. The van der Waals surface area contributed by atoms with Gasteiger partial charge in [-0.25, -0.2) is 4.98 Å². The molecule has 0 fully saturated rings. The molecular weight excluding hydrogens is 354 g/mol. The van der Waals surface area contributed by atoms with Gasteiger partial charge in [0.1, 0.15) is 0 Å². The molecule has 0 saturated carbocycles. The van der Waals surface area contributed by atoms with E-state index < -0.39 is 0 Å². The zero-order valence-electron chi connectivity index (χ0n) is 12.3. The molecule has 3 N–H and O–H groups in total. The van der Waals surface area contributed by atoms with Crippen molar-refractivity contribution in [3.8, 4) is 0 Å². The van der Waals surface area contributed by atoms with Crippen LogP contribution in [-0.4, -0.2) is 39.7 Å². The maximum absolute atomic E-state index is 4.68. The van der Waals surface area contributed by atoms with Gasteiger partial charge in [0.2, 0.25) is 0 Å². The van der Waals surface area contributed by atoms with Crippen molar-refractivity contribution in [2.24, 2.45) is 0 Å². The molecule has 0 saturated heterocycles. The molecule has 8 bridgehead atoms. The summed E-state index contributed by atoms with van der Waals surface area (Å²) in [4.78, 5) is 14.9. The maximum atomic E-state index is 4.68. The Bertz CT molecular complexity index is 1180. The standard InChI is InChI=1S/C19H14N4.Ga.3H/c1-3-14-10-16-5-7-18(22-16)19-8-6-17(23-19)11-15-4-2-13(21-15)9-12(1)20-14;;;;/h1-11,20-22H;;;;. The third-order valence-corrected chi connectivity index (χ3v) is 4.03. The van der Waals surface area contributed by atoms with Gasteiger partial charge >= 0.3 is 19.8 Å². The Hall–Kier alpha value is -2.63. The first-order chi connectivity index (χ1) is 11.3. The number of nitrogens with one attached hydrogen (secondary N) is 3. The van der Waals surface area contributed by atoms with Crippen LogP contribution in [-0.2, 0) is 0 Å². The average molecular weight is 371 g/mol. The molecule has 1 aliphatic rings. The second-order valence-electron chi connectivity index (χ2n) is 5.75. The van der Waals surface area contributed by atoms with E-state index in [1.165, 1.54) is 0 Å². The fourth-order valence-electron chi connectivity index (χ4n) is 2.94. The molecule has 4 aromatic rings. The first-order valence-electron chi connectivity index (χ1n) is 7.57. The quantitative estimate of drug-likeness (QED) is 0.359. The number of hydrogen-bond donors (Lipinski definition) is 3. The Labute approximate surface area is 151 Å². The number of hydrogen-bond acceptors (Lipinski definition) is 1. The van der Waals surface area contributed by atoms with Crippen molar-refractivity contribution in [2.75, 3.05) is 0 Å². The van der Waals surface area contributed by atoms with Crippen LogP contribution < -0.4 is 0 Å². The summed E-state index contributed by atoms with van der Waals surface area (Å²) in [6.45, 7) is 0. The van der Waals surface area contributed by atoms with Gasteiger partial charge in [-0.05, 0) is 66.7 Å². The Morgan fingerprint density at radius 3 is 1.79 bits per heavy atom. The average Bonchev–Trinajstić information content (AvgIpc) is 3.28. The molecule has 24 heavy (non-hydrogen) atoms. The van der Waals surface area contributed by atoms with Crippen LogP contribution in [0.2, 0.25) is 0 Å². The number of nitrogens with zero attached hydrogens (tertiary/aromatic N) is 1. The Kier molecular flexibility index (Phi) is 3.59. The van der Waals surface area contributed by atoms with Crippen molar-refractivity contribution >= 4 is 65.0 Å². The number of fused-ring (bicyclic) bond motifs is 9. The fourth-order valence-corrected chi connectivity index (χ4v) is 2.94. The van der Waals surface area contributed by atoms with Gasteiger partial charge in [-0.15, -0.1) is 0 Å². The molecule has 0 spiro atoms. The molecule has 0 amide bonds. The minimum absolute atomic E-state index is 0. The summed E-state index contributed by atoms with van der Waals surface area (Å²) in [6.07, 6.45) is 4.07. The number of aromatic amines is 3.